The van der Waals surface area contributed by atoms with Crippen LogP contribution < -0.4 is 15.0 Å². The van der Waals surface area contributed by atoms with E-state index in [0.717, 1.165) is 12.6 Å². The quantitative estimate of drug-likeness (QED) is 0.461. The average Bonchev–Trinajstić information content (AvgIpc) is 2.72. The Bertz CT molecular complexity index is 979. The smallest absolute Gasteiger partial charge is 0.421 e. The van der Waals surface area contributed by atoms with Crippen molar-refractivity contribution in [1.29, 1.82) is 0 Å². The van der Waals surface area contributed by atoms with Gasteiger partial charge in [0.2, 0.25) is 5.95 Å². The highest BCUT2D eigenvalue weighted by Gasteiger charge is 2.35. The zero-order valence-electron chi connectivity index (χ0n) is 16.4. The highest BCUT2D eigenvalue weighted by Crippen LogP contribution is 2.36. The number of nitrogens with one attached hydrogen (secondary N) is 1. The van der Waals surface area contributed by atoms with Crippen LogP contribution in [0, 0.1) is 0 Å². The first kappa shape index (κ1) is 21.7. The zero-order chi connectivity index (χ0) is 21.7. The van der Waals surface area contributed by atoms with E-state index in [-0.39, 0.29) is 11.8 Å². The first-order valence-electron chi connectivity index (χ1n) is 9.21. The third-order valence-electron chi connectivity index (χ3n) is 4.19. The van der Waals surface area contributed by atoms with Gasteiger partial charge in [-0.15, -0.1) is 0 Å². The van der Waals surface area contributed by atoms with E-state index < -0.39 is 11.7 Å². The van der Waals surface area contributed by atoms with E-state index in [1.54, 1.807) is 60.5 Å². The zero-order valence-corrected chi connectivity index (χ0v) is 17.1. The number of aromatic nitrogens is 2. The van der Waals surface area contributed by atoms with E-state index >= 15 is 0 Å². The Hall–Kier alpha value is -3.00. The molecule has 0 bridgehead atoms. The fourth-order valence-corrected chi connectivity index (χ4v) is 2.73. The summed E-state index contributed by atoms with van der Waals surface area (Å²) in [5.41, 5.74) is 0.174. The monoisotopic (exact) mass is 436 g/mol. The van der Waals surface area contributed by atoms with Crippen molar-refractivity contribution in [2.45, 2.75) is 19.5 Å². The molecule has 0 atom stereocenters. The highest BCUT2D eigenvalue weighted by molar-refractivity contribution is 6.30. The van der Waals surface area contributed by atoms with Crippen LogP contribution in [0.4, 0.5) is 36.3 Å². The van der Waals surface area contributed by atoms with Gasteiger partial charge in [-0.1, -0.05) is 18.5 Å². The Morgan fingerprint density at radius 3 is 2.33 bits per heavy atom. The number of hydrogen-bond acceptors (Lipinski definition) is 5. The Labute approximate surface area is 177 Å². The maximum absolute atomic E-state index is 13.5. The van der Waals surface area contributed by atoms with Gasteiger partial charge in [-0.25, -0.2) is 4.98 Å². The molecule has 0 spiro atoms. The van der Waals surface area contributed by atoms with Crippen molar-refractivity contribution in [1.82, 2.24) is 9.97 Å². The lowest BCUT2D eigenvalue weighted by Crippen LogP contribution is -2.17. The van der Waals surface area contributed by atoms with E-state index in [9.17, 15) is 13.2 Å². The number of halogens is 4. The van der Waals surface area contributed by atoms with Crippen molar-refractivity contribution < 1.29 is 17.9 Å². The van der Waals surface area contributed by atoms with E-state index in [1.165, 1.54) is 0 Å². The minimum atomic E-state index is -4.61. The Balaban J connectivity index is 1.90. The molecule has 1 N–H and O–H groups in total. The second kappa shape index (κ2) is 9.21. The molecule has 0 fully saturated rings. The summed E-state index contributed by atoms with van der Waals surface area (Å²) in [5.74, 6) is 0.413. The number of benzene rings is 2. The molecule has 0 aliphatic heterocycles. The molecule has 158 valence electrons. The fraction of sp³-hybridized carbons (Fsp3) is 0.238. The summed E-state index contributed by atoms with van der Waals surface area (Å²) in [6, 6.07) is 13.5. The van der Waals surface area contributed by atoms with Crippen LogP contribution in [0.5, 0.6) is 5.75 Å². The van der Waals surface area contributed by atoms with Crippen molar-refractivity contribution in [3.05, 3.63) is 65.3 Å². The van der Waals surface area contributed by atoms with Crippen LogP contribution in [0.3, 0.4) is 0 Å². The molecule has 1 aromatic heterocycles. The van der Waals surface area contributed by atoms with Gasteiger partial charge in [0.1, 0.15) is 17.1 Å². The van der Waals surface area contributed by atoms with Crippen molar-refractivity contribution in [2.75, 3.05) is 23.9 Å². The topological polar surface area (TPSA) is 50.3 Å². The SMILES string of the molecule is CCCOc1ccc(Nc2nc(N(C)c3ccc(Cl)cc3)ncc2C(F)(F)F)cc1. The summed E-state index contributed by atoms with van der Waals surface area (Å²) in [4.78, 5) is 9.59. The molecule has 0 saturated carbocycles. The van der Waals surface area contributed by atoms with Crippen molar-refractivity contribution in [2.24, 2.45) is 0 Å². The third kappa shape index (κ3) is 5.33. The molecule has 0 radical (unpaired) electrons. The van der Waals surface area contributed by atoms with Crippen LogP contribution in [-0.2, 0) is 6.18 Å². The van der Waals surface area contributed by atoms with Gasteiger partial charge in [0, 0.05) is 29.6 Å². The number of nitrogens with zero attached hydrogens (tertiary/aromatic N) is 3. The molecule has 0 aliphatic carbocycles. The number of ether oxygens (including phenoxy) is 1. The molecule has 0 saturated heterocycles. The summed E-state index contributed by atoms with van der Waals surface area (Å²) in [5, 5.41) is 3.29. The molecule has 1 heterocycles. The summed E-state index contributed by atoms with van der Waals surface area (Å²) >= 11 is 5.89. The predicted octanol–water partition coefficient (Wildman–Crippen LogP) is 6.45. The van der Waals surface area contributed by atoms with Gasteiger partial charge in [-0.2, -0.15) is 18.2 Å². The Morgan fingerprint density at radius 1 is 1.07 bits per heavy atom. The largest absolute Gasteiger partial charge is 0.494 e. The Kier molecular flexibility index (Phi) is 6.66. The van der Waals surface area contributed by atoms with Gasteiger partial charge in [0.15, 0.2) is 0 Å². The maximum Gasteiger partial charge on any atom is 0.421 e. The van der Waals surface area contributed by atoms with Gasteiger partial charge in [0.05, 0.1) is 6.61 Å². The van der Waals surface area contributed by atoms with Crippen molar-refractivity contribution in [3.63, 3.8) is 0 Å². The number of rotatable bonds is 7. The molecular weight excluding hydrogens is 417 g/mol. The minimum absolute atomic E-state index is 0.107. The van der Waals surface area contributed by atoms with E-state index in [0.29, 0.717) is 28.8 Å². The molecule has 5 nitrogen and oxygen atoms in total. The molecule has 0 aliphatic rings. The number of hydrogen-bond donors (Lipinski definition) is 1. The molecule has 9 heteroatoms. The van der Waals surface area contributed by atoms with Crippen LogP contribution >= 0.6 is 11.6 Å². The van der Waals surface area contributed by atoms with E-state index in [4.69, 9.17) is 16.3 Å². The van der Waals surface area contributed by atoms with Crippen LogP contribution in [-0.4, -0.2) is 23.6 Å². The van der Waals surface area contributed by atoms with Gasteiger partial charge in [-0.05, 0) is 55.0 Å². The van der Waals surface area contributed by atoms with E-state index in [2.05, 4.69) is 15.3 Å². The number of anilines is 4. The van der Waals surface area contributed by atoms with E-state index in [1.807, 2.05) is 6.92 Å². The molecule has 3 aromatic rings. The van der Waals surface area contributed by atoms with Crippen LogP contribution in [0.25, 0.3) is 0 Å². The predicted molar refractivity (Wildman–Crippen MR) is 112 cm³/mol. The second-order valence-electron chi connectivity index (χ2n) is 6.46. The van der Waals surface area contributed by atoms with Gasteiger partial charge >= 0.3 is 6.18 Å². The summed E-state index contributed by atoms with van der Waals surface area (Å²) < 4.78 is 46.0. The Morgan fingerprint density at radius 2 is 1.73 bits per heavy atom. The summed E-state index contributed by atoms with van der Waals surface area (Å²) in [6.45, 7) is 2.56. The lowest BCUT2D eigenvalue weighted by Gasteiger charge is -2.20. The minimum Gasteiger partial charge on any atom is -0.494 e. The lowest BCUT2D eigenvalue weighted by molar-refractivity contribution is -0.137. The molecule has 3 rings (SSSR count). The third-order valence-corrected chi connectivity index (χ3v) is 4.44. The standard InChI is InChI=1S/C21H20ClF3N4O/c1-3-12-30-17-10-6-15(7-11-17)27-19-18(21(23,24)25)13-26-20(28-19)29(2)16-8-4-14(22)5-9-16/h4-11,13H,3,12H2,1-2H3,(H,26,27,28). The molecule has 0 amide bonds. The molecule has 0 unspecified atom stereocenters. The lowest BCUT2D eigenvalue weighted by atomic mass is 10.2. The van der Waals surface area contributed by atoms with Crippen LogP contribution in [0.1, 0.15) is 18.9 Å². The van der Waals surface area contributed by atoms with Gasteiger partial charge in [0.25, 0.3) is 0 Å². The van der Waals surface area contributed by atoms with Gasteiger partial charge in [-0.3, -0.25) is 0 Å². The summed E-state index contributed by atoms with van der Waals surface area (Å²) in [7, 11) is 1.66. The first-order chi connectivity index (χ1) is 14.3. The molecular formula is C21H20ClF3N4O. The number of alkyl halides is 3. The normalized spacial score (nSPS) is 11.3. The van der Waals surface area contributed by atoms with Crippen molar-refractivity contribution >= 4 is 34.7 Å². The maximum atomic E-state index is 13.5. The average molecular weight is 437 g/mol. The highest BCUT2D eigenvalue weighted by atomic mass is 35.5. The molecule has 30 heavy (non-hydrogen) atoms. The second-order valence-corrected chi connectivity index (χ2v) is 6.90. The van der Waals surface area contributed by atoms with Gasteiger partial charge < -0.3 is 15.0 Å². The van der Waals surface area contributed by atoms with Crippen molar-refractivity contribution in [3.8, 4) is 5.75 Å². The van der Waals surface area contributed by atoms with Crippen LogP contribution in [0.15, 0.2) is 54.7 Å². The first-order valence-corrected chi connectivity index (χ1v) is 9.59. The fourth-order valence-electron chi connectivity index (χ4n) is 2.61. The molecule has 2 aromatic carbocycles. The summed E-state index contributed by atoms with van der Waals surface area (Å²) in [6.07, 6.45) is -2.97. The van der Waals surface area contributed by atoms with Crippen LogP contribution in [0.2, 0.25) is 5.02 Å².